The molecule has 6 heteroatoms. The Morgan fingerprint density at radius 2 is 1.75 bits per heavy atom. The van der Waals surface area contributed by atoms with Crippen molar-refractivity contribution in [2.45, 2.75) is 6.92 Å². The van der Waals surface area contributed by atoms with Crippen LogP contribution in [0.4, 0.5) is 0 Å². The first-order valence-corrected chi connectivity index (χ1v) is 4.06. The van der Waals surface area contributed by atoms with Gasteiger partial charge in [-0.05, 0) is 11.8 Å². The van der Waals surface area contributed by atoms with Gasteiger partial charge in [-0.2, -0.15) is 0 Å². The molecular weight excluding hydrogens is 152 g/mol. The van der Waals surface area contributed by atoms with E-state index in [1.165, 1.54) is 6.92 Å². The molecule has 0 heterocycles. The molecule has 4 N–H and O–H groups in total. The average molecular weight is 162 g/mol. The molecule has 0 aliphatic heterocycles. The summed E-state index contributed by atoms with van der Waals surface area (Å²) in [6, 6.07) is 0. The van der Waals surface area contributed by atoms with Crippen LogP contribution in [0.5, 0.6) is 0 Å². The lowest BCUT2D eigenvalue weighted by molar-refractivity contribution is 0.375. The van der Waals surface area contributed by atoms with Crippen molar-refractivity contribution in [3.63, 3.8) is 0 Å². The van der Waals surface area contributed by atoms with Crippen molar-refractivity contribution in [3.8, 4) is 0 Å². The van der Waals surface area contributed by atoms with E-state index < -0.39 is 7.60 Å². The second-order valence-corrected chi connectivity index (χ2v) is 2.94. The molecule has 4 nitrogen and oxygen atoms in total. The van der Waals surface area contributed by atoms with E-state index in [2.05, 4.69) is 17.0 Å². The Hall–Kier alpha value is 0.400. The molecule has 0 aliphatic rings. The summed E-state index contributed by atoms with van der Waals surface area (Å²) in [7, 11) is -3.65. The number of halogens is 1. The number of hydrogen-bond donors (Lipinski definition) is 3. The van der Waals surface area contributed by atoms with Crippen molar-refractivity contribution in [2.24, 2.45) is 5.25 Å². The molecule has 0 aliphatic carbocycles. The predicted molar refractivity (Wildman–Crippen MR) is 32.6 cm³/mol. The van der Waals surface area contributed by atoms with E-state index in [1.54, 1.807) is 0 Å². The molecule has 0 spiro atoms. The van der Waals surface area contributed by atoms with Crippen molar-refractivity contribution in [3.05, 3.63) is 0 Å². The summed E-state index contributed by atoms with van der Waals surface area (Å²) in [5, 5.41) is 3.97. The average Bonchev–Trinajstić information content (AvgIpc) is 1.71. The van der Waals surface area contributed by atoms with Gasteiger partial charge in [-0.1, -0.05) is 6.92 Å². The maximum absolute atomic E-state index is 9.69. The highest BCUT2D eigenvalue weighted by atomic mass is 35.5. The Kier molecular flexibility index (Phi) is 7.77. The van der Waals surface area contributed by atoms with E-state index in [4.69, 9.17) is 9.79 Å². The van der Waals surface area contributed by atoms with Gasteiger partial charge in [0.25, 0.3) is 0 Å². The Bertz CT molecular complexity index is 81.4. The van der Waals surface area contributed by atoms with Crippen LogP contribution in [0.25, 0.3) is 0 Å². The molecule has 0 aromatic carbocycles. The topological polar surface area (TPSA) is 83.5 Å². The highest BCUT2D eigenvalue weighted by Gasteiger charge is 2.05. The Balaban J connectivity index is 0. The van der Waals surface area contributed by atoms with Gasteiger partial charge < -0.3 is 9.79 Å². The quantitative estimate of drug-likeness (QED) is 0.381. The number of nitrogens with two attached hydrogens (primary N) is 1. The van der Waals surface area contributed by atoms with Crippen LogP contribution in [0.15, 0.2) is 0 Å². The van der Waals surface area contributed by atoms with Gasteiger partial charge in [-0.15, -0.1) is 0 Å². The minimum atomic E-state index is -3.65. The molecular formula is C2H9ClNO3P. The molecule has 0 bridgehead atoms. The van der Waals surface area contributed by atoms with Gasteiger partial charge in [-0.25, -0.2) is 5.25 Å². The molecule has 0 atom stereocenters. The van der Waals surface area contributed by atoms with Crippen molar-refractivity contribution in [1.82, 2.24) is 0 Å². The van der Waals surface area contributed by atoms with Gasteiger partial charge in [-0.3, -0.25) is 4.57 Å². The lowest BCUT2D eigenvalue weighted by Gasteiger charge is -1.92. The first-order valence-electron chi connectivity index (χ1n) is 1.82. The van der Waals surface area contributed by atoms with Crippen molar-refractivity contribution in [2.75, 3.05) is 6.16 Å². The van der Waals surface area contributed by atoms with Crippen LogP contribution in [-0.4, -0.2) is 15.9 Å². The first kappa shape index (κ1) is 11.2. The van der Waals surface area contributed by atoms with Crippen molar-refractivity contribution >= 4 is 19.4 Å². The summed E-state index contributed by atoms with van der Waals surface area (Å²) in [6.07, 6.45) is -0.0625. The monoisotopic (exact) mass is 161 g/mol. The maximum Gasteiger partial charge on any atom is 0.325 e. The molecule has 0 amide bonds. The molecule has 0 rings (SSSR count). The molecule has 0 aromatic rings. The van der Waals surface area contributed by atoms with Crippen molar-refractivity contribution in [1.29, 1.82) is 0 Å². The van der Waals surface area contributed by atoms with Crippen LogP contribution >= 0.6 is 19.4 Å². The van der Waals surface area contributed by atoms with E-state index in [1.807, 2.05) is 0 Å². The van der Waals surface area contributed by atoms with Gasteiger partial charge >= 0.3 is 7.60 Å². The largest absolute Gasteiger partial charge is 0.325 e. The third kappa shape index (κ3) is 16.1. The zero-order chi connectivity index (χ0) is 7.21. The van der Waals surface area contributed by atoms with E-state index in [0.717, 1.165) is 0 Å². The maximum atomic E-state index is 9.69. The summed E-state index contributed by atoms with van der Waals surface area (Å²) in [5.74, 6) is 0. The first-order chi connectivity index (χ1) is 3.56. The smallest absolute Gasteiger partial charge is 0.324 e. The van der Waals surface area contributed by atoms with E-state index in [0.29, 0.717) is 0 Å². The lowest BCUT2D eigenvalue weighted by Crippen LogP contribution is -1.76. The molecule has 0 fully saturated rings. The molecule has 8 heavy (non-hydrogen) atoms. The van der Waals surface area contributed by atoms with E-state index in [-0.39, 0.29) is 6.16 Å². The normalized spacial score (nSPS) is 9.62. The molecule has 0 aromatic heterocycles. The van der Waals surface area contributed by atoms with Gasteiger partial charge in [0, 0.05) is 6.16 Å². The summed E-state index contributed by atoms with van der Waals surface area (Å²) in [4.78, 5) is 15.9. The standard InChI is InChI=1S/C2H7O3P.ClH2N/c1-2-6(3,4)5;1-2/h2H2,1H3,(H2,3,4,5);2H2. The fourth-order valence-electron chi connectivity index (χ4n) is 0. The lowest BCUT2D eigenvalue weighted by atomic mass is 11.0. The van der Waals surface area contributed by atoms with Crippen LogP contribution < -0.4 is 5.25 Å². The molecule has 0 saturated heterocycles. The van der Waals surface area contributed by atoms with Crippen LogP contribution in [0.1, 0.15) is 6.92 Å². The molecule has 0 saturated carbocycles. The van der Waals surface area contributed by atoms with Gasteiger partial charge in [0.1, 0.15) is 0 Å². The minimum absolute atomic E-state index is 0.0625. The number of rotatable bonds is 1. The van der Waals surface area contributed by atoms with E-state index in [9.17, 15) is 4.57 Å². The van der Waals surface area contributed by atoms with E-state index >= 15 is 0 Å². The van der Waals surface area contributed by atoms with Crippen LogP contribution in [0, 0.1) is 0 Å². The fraction of sp³-hybridized carbons (Fsp3) is 1.00. The summed E-state index contributed by atoms with van der Waals surface area (Å²) < 4.78 is 9.69. The highest BCUT2D eigenvalue weighted by molar-refractivity contribution is 7.51. The summed E-state index contributed by atoms with van der Waals surface area (Å²) in [5.41, 5.74) is 0. The van der Waals surface area contributed by atoms with Crippen LogP contribution in [0.2, 0.25) is 0 Å². The predicted octanol–water partition coefficient (Wildman–Crippen LogP) is 0.283. The highest BCUT2D eigenvalue weighted by Crippen LogP contribution is 2.32. The van der Waals surface area contributed by atoms with Gasteiger partial charge in [0.15, 0.2) is 0 Å². The summed E-state index contributed by atoms with van der Waals surface area (Å²) in [6.45, 7) is 1.45. The second kappa shape index (κ2) is 5.54. The minimum Gasteiger partial charge on any atom is -0.324 e. The zero-order valence-corrected chi connectivity index (χ0v) is 6.06. The molecule has 52 valence electrons. The fourth-order valence-corrected chi connectivity index (χ4v) is 0. The van der Waals surface area contributed by atoms with Gasteiger partial charge in [0.2, 0.25) is 0 Å². The third-order valence-corrected chi connectivity index (χ3v) is 1.24. The molecule has 0 unspecified atom stereocenters. The molecule has 0 radical (unpaired) electrons. The Morgan fingerprint density at radius 1 is 1.62 bits per heavy atom. The van der Waals surface area contributed by atoms with Crippen LogP contribution in [0.3, 0.4) is 0 Å². The van der Waals surface area contributed by atoms with Crippen LogP contribution in [-0.2, 0) is 4.57 Å². The van der Waals surface area contributed by atoms with Gasteiger partial charge in [0.05, 0.1) is 0 Å². The Morgan fingerprint density at radius 3 is 1.75 bits per heavy atom. The second-order valence-electron chi connectivity index (χ2n) is 0.981. The zero-order valence-electron chi connectivity index (χ0n) is 4.41. The van der Waals surface area contributed by atoms with Crippen molar-refractivity contribution < 1.29 is 14.4 Å². The summed E-state index contributed by atoms with van der Waals surface area (Å²) >= 11 is 4.14. The number of hydrogen-bond acceptors (Lipinski definition) is 2. The third-order valence-electron chi connectivity index (χ3n) is 0.412. The SMILES string of the molecule is CCP(=O)(O)O.NCl. The Labute approximate surface area is 52.9 Å².